The monoisotopic (exact) mass is 193 g/mol. The highest BCUT2D eigenvalue weighted by Crippen LogP contribution is 2.16. The van der Waals surface area contributed by atoms with Crippen LogP contribution in [-0.2, 0) is 12.8 Å². The van der Waals surface area contributed by atoms with E-state index in [0.29, 0.717) is 0 Å². The molecule has 1 aromatic rings. The van der Waals surface area contributed by atoms with E-state index in [-0.39, 0.29) is 12.6 Å². The molecular weight excluding hydrogens is 174 g/mol. The highest BCUT2D eigenvalue weighted by atomic mass is 16.3. The zero-order valence-corrected chi connectivity index (χ0v) is 8.96. The lowest BCUT2D eigenvalue weighted by Gasteiger charge is -2.12. The largest absolute Gasteiger partial charge is 0.394 e. The van der Waals surface area contributed by atoms with E-state index in [0.717, 1.165) is 18.4 Å². The van der Waals surface area contributed by atoms with Crippen LogP contribution < -0.4 is 5.73 Å². The fraction of sp³-hybridized carbons (Fsp3) is 0.500. The molecule has 2 nitrogen and oxygen atoms in total. The summed E-state index contributed by atoms with van der Waals surface area (Å²) in [4.78, 5) is 0. The molecule has 0 heterocycles. The summed E-state index contributed by atoms with van der Waals surface area (Å²) in [7, 11) is 0. The molecule has 0 saturated carbocycles. The van der Waals surface area contributed by atoms with Gasteiger partial charge < -0.3 is 10.8 Å². The zero-order chi connectivity index (χ0) is 10.6. The first kappa shape index (κ1) is 11.2. The minimum atomic E-state index is -0.244. The van der Waals surface area contributed by atoms with Gasteiger partial charge in [0.1, 0.15) is 0 Å². The third kappa shape index (κ3) is 2.56. The Morgan fingerprint density at radius 1 is 1.14 bits per heavy atom. The molecule has 0 aliphatic rings. The van der Waals surface area contributed by atoms with Crippen LogP contribution in [0.5, 0.6) is 0 Å². The van der Waals surface area contributed by atoms with Crippen LogP contribution in [0.2, 0.25) is 0 Å². The second-order valence-electron chi connectivity index (χ2n) is 3.58. The Morgan fingerprint density at radius 3 is 2.00 bits per heavy atom. The van der Waals surface area contributed by atoms with Gasteiger partial charge in [-0.2, -0.15) is 0 Å². The summed E-state index contributed by atoms with van der Waals surface area (Å²) in [6.45, 7) is 4.27. The van der Waals surface area contributed by atoms with E-state index in [2.05, 4.69) is 32.0 Å². The molecule has 78 valence electrons. The molecule has 0 spiro atoms. The van der Waals surface area contributed by atoms with Crippen LogP contribution in [0.15, 0.2) is 18.2 Å². The van der Waals surface area contributed by atoms with Crippen molar-refractivity contribution in [2.75, 3.05) is 6.61 Å². The van der Waals surface area contributed by atoms with E-state index in [1.165, 1.54) is 11.1 Å². The van der Waals surface area contributed by atoms with Gasteiger partial charge in [0.15, 0.2) is 0 Å². The summed E-state index contributed by atoms with van der Waals surface area (Å²) in [6.07, 6.45) is 2.03. The third-order valence-electron chi connectivity index (χ3n) is 2.52. The molecule has 1 rings (SSSR count). The number of hydrogen-bond acceptors (Lipinski definition) is 2. The van der Waals surface area contributed by atoms with E-state index >= 15 is 0 Å². The van der Waals surface area contributed by atoms with E-state index in [1.807, 2.05) is 0 Å². The SMILES string of the molecule is CCc1cc(CC)cc([C@H](N)CO)c1. The first-order valence-corrected chi connectivity index (χ1v) is 5.20. The minimum Gasteiger partial charge on any atom is -0.394 e. The summed E-state index contributed by atoms with van der Waals surface area (Å²) in [6, 6.07) is 6.13. The highest BCUT2D eigenvalue weighted by Gasteiger charge is 2.06. The van der Waals surface area contributed by atoms with Crippen molar-refractivity contribution in [1.29, 1.82) is 0 Å². The number of hydrogen-bond donors (Lipinski definition) is 2. The normalized spacial score (nSPS) is 12.9. The second-order valence-corrected chi connectivity index (χ2v) is 3.58. The third-order valence-corrected chi connectivity index (χ3v) is 2.52. The first-order valence-electron chi connectivity index (χ1n) is 5.20. The Morgan fingerprint density at radius 2 is 1.64 bits per heavy atom. The molecule has 0 unspecified atom stereocenters. The molecule has 0 aliphatic carbocycles. The van der Waals surface area contributed by atoms with Gasteiger partial charge in [0.05, 0.1) is 12.6 Å². The van der Waals surface area contributed by atoms with Gasteiger partial charge in [-0.1, -0.05) is 32.0 Å². The Kier molecular flexibility index (Phi) is 4.11. The molecule has 14 heavy (non-hydrogen) atoms. The zero-order valence-electron chi connectivity index (χ0n) is 8.96. The molecule has 2 heteroatoms. The standard InChI is InChI=1S/C12H19NO/c1-3-9-5-10(4-2)7-11(6-9)12(13)8-14/h5-7,12,14H,3-4,8,13H2,1-2H3/t12-/m1/s1. The van der Waals surface area contributed by atoms with Gasteiger partial charge in [-0.15, -0.1) is 0 Å². The van der Waals surface area contributed by atoms with Gasteiger partial charge in [0.2, 0.25) is 0 Å². The number of aliphatic hydroxyl groups excluding tert-OH is 1. The first-order chi connectivity index (χ1) is 6.71. The van der Waals surface area contributed by atoms with Gasteiger partial charge in [-0.05, 0) is 29.5 Å². The molecule has 0 amide bonds. The molecule has 0 bridgehead atoms. The van der Waals surface area contributed by atoms with Crippen LogP contribution in [0.25, 0.3) is 0 Å². The van der Waals surface area contributed by atoms with Crippen molar-refractivity contribution < 1.29 is 5.11 Å². The molecule has 1 atom stereocenters. The van der Waals surface area contributed by atoms with Gasteiger partial charge in [-0.3, -0.25) is 0 Å². The Labute approximate surface area is 85.8 Å². The maximum absolute atomic E-state index is 8.99. The van der Waals surface area contributed by atoms with Crippen LogP contribution in [0, 0.1) is 0 Å². The maximum atomic E-state index is 8.99. The van der Waals surface area contributed by atoms with Crippen molar-refractivity contribution in [1.82, 2.24) is 0 Å². The number of aliphatic hydroxyl groups is 1. The van der Waals surface area contributed by atoms with Crippen LogP contribution in [0.3, 0.4) is 0 Å². The molecular formula is C12H19NO. The minimum absolute atomic E-state index is 0.0102. The summed E-state index contributed by atoms with van der Waals surface area (Å²) < 4.78 is 0. The van der Waals surface area contributed by atoms with E-state index in [9.17, 15) is 0 Å². The average molecular weight is 193 g/mol. The quantitative estimate of drug-likeness (QED) is 0.766. The predicted molar refractivity (Wildman–Crippen MR) is 59.2 cm³/mol. The Balaban J connectivity index is 3.04. The topological polar surface area (TPSA) is 46.2 Å². The molecule has 0 saturated heterocycles. The molecule has 0 aromatic heterocycles. The smallest absolute Gasteiger partial charge is 0.0624 e. The van der Waals surface area contributed by atoms with E-state index < -0.39 is 0 Å². The lowest BCUT2D eigenvalue weighted by molar-refractivity contribution is 0.268. The molecule has 0 fully saturated rings. The number of rotatable bonds is 4. The summed E-state index contributed by atoms with van der Waals surface area (Å²) in [5.74, 6) is 0. The van der Waals surface area contributed by atoms with Crippen LogP contribution >= 0.6 is 0 Å². The molecule has 0 radical (unpaired) electrons. The maximum Gasteiger partial charge on any atom is 0.0624 e. The van der Waals surface area contributed by atoms with E-state index in [1.54, 1.807) is 0 Å². The van der Waals surface area contributed by atoms with Crippen molar-refractivity contribution in [3.05, 3.63) is 34.9 Å². The molecule has 0 aliphatic heterocycles. The van der Waals surface area contributed by atoms with Crippen molar-refractivity contribution in [2.24, 2.45) is 5.73 Å². The van der Waals surface area contributed by atoms with Gasteiger partial charge in [0.25, 0.3) is 0 Å². The summed E-state index contributed by atoms with van der Waals surface area (Å²) >= 11 is 0. The number of benzene rings is 1. The lowest BCUT2D eigenvalue weighted by atomic mass is 9.99. The van der Waals surface area contributed by atoms with Gasteiger partial charge in [-0.25, -0.2) is 0 Å². The van der Waals surface area contributed by atoms with Gasteiger partial charge >= 0.3 is 0 Å². The Hall–Kier alpha value is -0.860. The van der Waals surface area contributed by atoms with Crippen molar-refractivity contribution >= 4 is 0 Å². The van der Waals surface area contributed by atoms with Gasteiger partial charge in [0, 0.05) is 0 Å². The van der Waals surface area contributed by atoms with Crippen molar-refractivity contribution in [3.63, 3.8) is 0 Å². The molecule has 3 N–H and O–H groups in total. The van der Waals surface area contributed by atoms with Crippen LogP contribution in [0.4, 0.5) is 0 Å². The van der Waals surface area contributed by atoms with Crippen molar-refractivity contribution in [2.45, 2.75) is 32.7 Å². The van der Waals surface area contributed by atoms with Crippen molar-refractivity contribution in [3.8, 4) is 0 Å². The fourth-order valence-corrected chi connectivity index (χ4v) is 1.52. The number of aryl methyl sites for hydroxylation is 2. The second kappa shape index (κ2) is 5.13. The molecule has 1 aromatic carbocycles. The highest BCUT2D eigenvalue weighted by molar-refractivity contribution is 5.32. The van der Waals surface area contributed by atoms with Crippen LogP contribution in [-0.4, -0.2) is 11.7 Å². The number of nitrogens with two attached hydrogens (primary N) is 1. The lowest BCUT2D eigenvalue weighted by Crippen LogP contribution is -2.15. The fourth-order valence-electron chi connectivity index (χ4n) is 1.52. The van der Waals surface area contributed by atoms with E-state index in [4.69, 9.17) is 10.8 Å². The Bertz CT molecular complexity index is 274. The predicted octanol–water partition coefficient (Wildman–Crippen LogP) is 1.80. The average Bonchev–Trinajstić information content (AvgIpc) is 2.27. The summed E-state index contributed by atoms with van der Waals surface area (Å²) in [5, 5.41) is 8.99. The van der Waals surface area contributed by atoms with Crippen LogP contribution in [0.1, 0.15) is 36.6 Å². The summed E-state index contributed by atoms with van der Waals surface area (Å²) in [5.41, 5.74) is 9.43.